The molecule has 2 heterocycles. The molecular formula is C15H19N3O3. The van der Waals surface area contributed by atoms with Crippen LogP contribution in [0.4, 0.5) is 0 Å². The topological polar surface area (TPSA) is 73.3 Å². The first-order chi connectivity index (χ1) is 10.3. The molecule has 0 amide bonds. The number of piperidine rings is 1. The Labute approximate surface area is 124 Å². The van der Waals surface area contributed by atoms with Crippen molar-refractivity contribution in [2.45, 2.75) is 19.8 Å². The highest BCUT2D eigenvalue weighted by molar-refractivity contribution is 5.88. The largest absolute Gasteiger partial charge is 0.476 e. The fourth-order valence-corrected chi connectivity index (χ4v) is 2.01. The summed E-state index contributed by atoms with van der Waals surface area (Å²) in [6, 6.07) is 0. The molecule has 1 aliphatic heterocycles. The summed E-state index contributed by atoms with van der Waals surface area (Å²) in [6.07, 6.45) is 5.36. The molecule has 1 saturated heterocycles. The number of nitrogens with one attached hydrogen (secondary N) is 1. The summed E-state index contributed by atoms with van der Waals surface area (Å²) >= 11 is 0. The summed E-state index contributed by atoms with van der Waals surface area (Å²) in [4.78, 5) is 19.3. The van der Waals surface area contributed by atoms with E-state index < -0.39 is 5.97 Å². The number of ether oxygens (including phenoxy) is 2. The van der Waals surface area contributed by atoms with Crippen molar-refractivity contribution in [3.63, 3.8) is 0 Å². The van der Waals surface area contributed by atoms with Crippen molar-refractivity contribution < 1.29 is 14.3 Å². The maximum absolute atomic E-state index is 11.1. The molecule has 21 heavy (non-hydrogen) atoms. The van der Waals surface area contributed by atoms with Crippen molar-refractivity contribution in [3.05, 3.63) is 18.1 Å². The van der Waals surface area contributed by atoms with Crippen molar-refractivity contribution in [2.75, 3.05) is 26.3 Å². The predicted octanol–water partition coefficient (Wildman–Crippen LogP) is 0.770. The maximum Gasteiger partial charge on any atom is 0.384 e. The minimum atomic E-state index is -0.565. The van der Waals surface area contributed by atoms with E-state index in [0.29, 0.717) is 30.7 Å². The van der Waals surface area contributed by atoms with Gasteiger partial charge in [0.1, 0.15) is 5.69 Å². The van der Waals surface area contributed by atoms with E-state index in [4.69, 9.17) is 9.47 Å². The van der Waals surface area contributed by atoms with Gasteiger partial charge in [0.15, 0.2) is 0 Å². The summed E-state index contributed by atoms with van der Waals surface area (Å²) in [5, 5.41) is 3.34. The molecule has 6 heteroatoms. The van der Waals surface area contributed by atoms with Gasteiger partial charge in [0.05, 0.1) is 25.6 Å². The minimum absolute atomic E-state index is 0.308. The second-order valence-electron chi connectivity index (χ2n) is 4.73. The van der Waals surface area contributed by atoms with E-state index in [2.05, 4.69) is 27.1 Å². The Balaban J connectivity index is 1.82. The molecular weight excluding hydrogens is 270 g/mol. The van der Waals surface area contributed by atoms with E-state index in [1.54, 1.807) is 6.92 Å². The number of esters is 1. The highest BCUT2D eigenvalue weighted by atomic mass is 16.5. The zero-order chi connectivity index (χ0) is 14.9. The van der Waals surface area contributed by atoms with Crippen molar-refractivity contribution >= 4 is 5.97 Å². The lowest BCUT2D eigenvalue weighted by molar-refractivity contribution is -0.136. The van der Waals surface area contributed by atoms with Gasteiger partial charge >= 0.3 is 5.97 Å². The van der Waals surface area contributed by atoms with Crippen LogP contribution in [0.1, 0.15) is 25.5 Å². The molecule has 112 valence electrons. The molecule has 1 aromatic heterocycles. The van der Waals surface area contributed by atoms with Crippen LogP contribution in [0.15, 0.2) is 12.4 Å². The lowest BCUT2D eigenvalue weighted by atomic mass is 10.0. The molecule has 0 radical (unpaired) electrons. The van der Waals surface area contributed by atoms with Gasteiger partial charge in [-0.25, -0.2) is 14.8 Å². The van der Waals surface area contributed by atoms with E-state index in [9.17, 15) is 4.79 Å². The number of aromatic nitrogens is 2. The van der Waals surface area contributed by atoms with Gasteiger partial charge in [-0.05, 0) is 32.2 Å². The normalized spacial score (nSPS) is 17.5. The molecule has 1 unspecified atom stereocenters. The van der Waals surface area contributed by atoms with Crippen LogP contribution >= 0.6 is 0 Å². The van der Waals surface area contributed by atoms with Crippen molar-refractivity contribution in [1.82, 2.24) is 15.3 Å². The highest BCUT2D eigenvalue weighted by Crippen LogP contribution is 2.12. The summed E-state index contributed by atoms with van der Waals surface area (Å²) in [6.45, 7) is 4.74. The Hall–Kier alpha value is -2.13. The van der Waals surface area contributed by atoms with Crippen molar-refractivity contribution in [3.8, 4) is 17.7 Å². The van der Waals surface area contributed by atoms with Crippen molar-refractivity contribution in [2.24, 2.45) is 5.92 Å². The van der Waals surface area contributed by atoms with Gasteiger partial charge < -0.3 is 14.8 Å². The van der Waals surface area contributed by atoms with E-state index in [1.807, 2.05) is 0 Å². The molecule has 0 saturated carbocycles. The van der Waals surface area contributed by atoms with Crippen LogP contribution in [0.5, 0.6) is 5.88 Å². The number of hydrogen-bond donors (Lipinski definition) is 1. The average Bonchev–Trinajstić information content (AvgIpc) is 2.53. The van der Waals surface area contributed by atoms with Crippen LogP contribution in [0.3, 0.4) is 0 Å². The maximum atomic E-state index is 11.1. The Bertz CT molecular complexity index is 513. The van der Waals surface area contributed by atoms with Crippen LogP contribution < -0.4 is 10.1 Å². The third kappa shape index (κ3) is 5.40. The average molecular weight is 289 g/mol. The van der Waals surface area contributed by atoms with Gasteiger partial charge in [0.2, 0.25) is 5.88 Å². The Morgan fingerprint density at radius 3 is 3.05 bits per heavy atom. The molecule has 0 spiro atoms. The van der Waals surface area contributed by atoms with Gasteiger partial charge in [-0.3, -0.25) is 0 Å². The van der Waals surface area contributed by atoms with E-state index in [0.717, 1.165) is 13.1 Å². The highest BCUT2D eigenvalue weighted by Gasteiger charge is 2.13. The van der Waals surface area contributed by atoms with Crippen molar-refractivity contribution in [1.29, 1.82) is 0 Å². The van der Waals surface area contributed by atoms with Crippen LogP contribution in [-0.2, 0) is 9.53 Å². The quantitative estimate of drug-likeness (QED) is 0.652. The zero-order valence-corrected chi connectivity index (χ0v) is 12.1. The second kappa shape index (κ2) is 8.22. The van der Waals surface area contributed by atoms with E-state index in [-0.39, 0.29) is 0 Å². The lowest BCUT2D eigenvalue weighted by Gasteiger charge is -2.22. The molecule has 0 aromatic carbocycles. The molecule has 1 N–H and O–H groups in total. The van der Waals surface area contributed by atoms with Gasteiger partial charge in [0, 0.05) is 18.4 Å². The summed E-state index contributed by atoms with van der Waals surface area (Å²) in [7, 11) is 0. The molecule has 1 fully saturated rings. The fraction of sp³-hybridized carbons (Fsp3) is 0.533. The van der Waals surface area contributed by atoms with E-state index in [1.165, 1.54) is 25.2 Å². The number of carbonyl (C=O) groups excluding carboxylic acids is 1. The Morgan fingerprint density at radius 1 is 1.48 bits per heavy atom. The van der Waals surface area contributed by atoms with Gasteiger partial charge in [-0.2, -0.15) is 0 Å². The summed E-state index contributed by atoms with van der Waals surface area (Å²) < 4.78 is 10.3. The molecule has 1 aliphatic rings. The van der Waals surface area contributed by atoms with Crippen LogP contribution in [0, 0.1) is 17.8 Å². The smallest absolute Gasteiger partial charge is 0.384 e. The van der Waals surface area contributed by atoms with E-state index >= 15 is 0 Å². The molecule has 2 rings (SSSR count). The first-order valence-electron chi connectivity index (χ1n) is 7.12. The lowest BCUT2D eigenvalue weighted by Crippen LogP contribution is -2.33. The molecule has 0 bridgehead atoms. The predicted molar refractivity (Wildman–Crippen MR) is 76.6 cm³/mol. The molecule has 1 atom stereocenters. The first kappa shape index (κ1) is 15.3. The Kier molecular flexibility index (Phi) is 5.98. The monoisotopic (exact) mass is 289 g/mol. The number of hydrogen-bond acceptors (Lipinski definition) is 6. The molecule has 1 aromatic rings. The van der Waals surface area contributed by atoms with Gasteiger partial charge in [-0.1, -0.05) is 0 Å². The number of carbonyl (C=O) groups is 1. The Morgan fingerprint density at radius 2 is 2.38 bits per heavy atom. The zero-order valence-electron chi connectivity index (χ0n) is 12.1. The number of rotatable bonds is 4. The fourth-order valence-electron chi connectivity index (χ4n) is 2.01. The first-order valence-corrected chi connectivity index (χ1v) is 7.12. The third-order valence-corrected chi connectivity index (χ3v) is 3.06. The SMILES string of the molecule is CCOC(=O)C#Cc1cnc(OCC2CCCNC2)cn1. The van der Waals surface area contributed by atoms with Gasteiger partial charge in [-0.15, -0.1) is 0 Å². The van der Waals surface area contributed by atoms with Crippen LogP contribution in [0.2, 0.25) is 0 Å². The summed E-state index contributed by atoms with van der Waals surface area (Å²) in [5.41, 5.74) is 0.412. The summed E-state index contributed by atoms with van der Waals surface area (Å²) in [5.74, 6) is 5.36. The standard InChI is InChI=1S/C15H19N3O3/c1-2-20-15(19)6-5-13-9-18-14(10-17-13)21-11-12-4-3-7-16-8-12/h9-10,12,16H,2-4,7-8,11H2,1H3. The molecule has 6 nitrogen and oxygen atoms in total. The van der Waals surface area contributed by atoms with Crippen LogP contribution in [0.25, 0.3) is 0 Å². The third-order valence-electron chi connectivity index (χ3n) is 3.06. The minimum Gasteiger partial charge on any atom is -0.476 e. The van der Waals surface area contributed by atoms with Gasteiger partial charge in [0.25, 0.3) is 0 Å². The second-order valence-corrected chi connectivity index (χ2v) is 4.73. The molecule has 0 aliphatic carbocycles. The number of nitrogens with zero attached hydrogens (tertiary/aromatic N) is 2. The van der Waals surface area contributed by atoms with Crippen LogP contribution in [-0.4, -0.2) is 42.2 Å².